The highest BCUT2D eigenvalue weighted by Gasteiger charge is 2.19. The van der Waals surface area contributed by atoms with Crippen LogP contribution in [0.3, 0.4) is 0 Å². The Morgan fingerprint density at radius 1 is 0.971 bits per heavy atom. The Morgan fingerprint density at radius 2 is 1.65 bits per heavy atom. The number of carbonyl (C=O) groups excluding carboxylic acids is 1. The Morgan fingerprint density at radius 3 is 2.29 bits per heavy atom. The zero-order chi connectivity index (χ0) is 24.1. The van der Waals surface area contributed by atoms with E-state index in [0.29, 0.717) is 17.2 Å². The quantitative estimate of drug-likeness (QED) is 0.441. The fourth-order valence-corrected chi connectivity index (χ4v) is 3.92. The van der Waals surface area contributed by atoms with Crippen LogP contribution in [0.2, 0.25) is 0 Å². The number of allylic oxidation sites excluding steroid dienone is 2. The average molecular weight is 460 g/mol. The molecule has 0 saturated carbocycles. The van der Waals surface area contributed by atoms with Crippen molar-refractivity contribution in [3.63, 3.8) is 0 Å². The fraction of sp³-hybridized carbons (Fsp3) is 0.185. The highest BCUT2D eigenvalue weighted by atomic mass is 19.1. The maximum absolute atomic E-state index is 13.8. The number of halogens is 2. The first kappa shape index (κ1) is 23.0. The van der Waals surface area contributed by atoms with Gasteiger partial charge in [-0.15, -0.1) is 0 Å². The van der Waals surface area contributed by atoms with Gasteiger partial charge in [0, 0.05) is 11.6 Å². The lowest BCUT2D eigenvalue weighted by Crippen LogP contribution is -2.13. The van der Waals surface area contributed by atoms with Gasteiger partial charge in [-0.3, -0.25) is 4.79 Å². The summed E-state index contributed by atoms with van der Waals surface area (Å²) in [5, 5.41) is 9.15. The van der Waals surface area contributed by atoms with Crippen LogP contribution in [0.5, 0.6) is 23.0 Å². The molecule has 0 aliphatic heterocycles. The van der Waals surface area contributed by atoms with Crippen LogP contribution in [0.25, 0.3) is 0 Å². The summed E-state index contributed by atoms with van der Waals surface area (Å²) in [6, 6.07) is 17.0. The molecule has 0 heterocycles. The molecule has 0 spiro atoms. The van der Waals surface area contributed by atoms with Crippen LogP contribution in [0.15, 0.2) is 72.3 Å². The standard InChI is InChI=1S/C27H22F2N2O3/c28-20-7-13-26(24(29)15-20)34-22-10-8-21(9-11-22)33-25-12-6-19(14-23(25)27(31)32)18-3-1-2-17(16-30)4-5-18/h4,6-15,18H,1-3,5H2,(H2,31,32). The van der Waals surface area contributed by atoms with E-state index in [1.54, 1.807) is 36.4 Å². The molecule has 3 aromatic carbocycles. The summed E-state index contributed by atoms with van der Waals surface area (Å²) >= 11 is 0. The van der Waals surface area contributed by atoms with Crippen molar-refractivity contribution in [2.75, 3.05) is 0 Å². The number of ether oxygens (including phenoxy) is 2. The van der Waals surface area contributed by atoms with Crippen LogP contribution < -0.4 is 15.2 Å². The number of nitrogens with zero attached hydrogens (tertiary/aromatic N) is 1. The Kier molecular flexibility index (Phi) is 6.88. The number of nitriles is 1. The van der Waals surface area contributed by atoms with Gasteiger partial charge < -0.3 is 15.2 Å². The number of hydrogen-bond donors (Lipinski definition) is 1. The molecule has 0 saturated heterocycles. The van der Waals surface area contributed by atoms with Gasteiger partial charge in [-0.1, -0.05) is 12.1 Å². The highest BCUT2D eigenvalue weighted by Crippen LogP contribution is 2.35. The van der Waals surface area contributed by atoms with Gasteiger partial charge in [-0.2, -0.15) is 5.26 Å². The Labute approximate surface area is 196 Å². The zero-order valence-electron chi connectivity index (χ0n) is 18.3. The zero-order valence-corrected chi connectivity index (χ0v) is 18.3. The van der Waals surface area contributed by atoms with Crippen molar-refractivity contribution in [3.05, 3.63) is 95.1 Å². The lowest BCUT2D eigenvalue weighted by atomic mass is 9.91. The molecule has 1 atom stereocenters. The lowest BCUT2D eigenvalue weighted by Gasteiger charge is -2.17. The summed E-state index contributed by atoms with van der Waals surface area (Å²) in [4.78, 5) is 12.1. The number of amides is 1. The van der Waals surface area contributed by atoms with Gasteiger partial charge in [0.05, 0.1) is 11.6 Å². The van der Waals surface area contributed by atoms with E-state index in [9.17, 15) is 13.6 Å². The van der Waals surface area contributed by atoms with E-state index in [4.69, 9.17) is 20.5 Å². The first-order valence-corrected chi connectivity index (χ1v) is 10.9. The molecule has 3 aromatic rings. The smallest absolute Gasteiger partial charge is 0.252 e. The summed E-state index contributed by atoms with van der Waals surface area (Å²) in [5.74, 6) is -0.924. The molecule has 1 amide bonds. The van der Waals surface area contributed by atoms with Gasteiger partial charge in [0.25, 0.3) is 5.91 Å². The maximum Gasteiger partial charge on any atom is 0.252 e. The third-order valence-corrected chi connectivity index (χ3v) is 5.70. The number of nitrogens with two attached hydrogens (primary N) is 1. The Hall–Kier alpha value is -4.18. The third kappa shape index (κ3) is 5.41. The summed E-state index contributed by atoms with van der Waals surface area (Å²) in [7, 11) is 0. The van der Waals surface area contributed by atoms with Crippen molar-refractivity contribution in [2.24, 2.45) is 5.73 Å². The summed E-state index contributed by atoms with van der Waals surface area (Å²) in [6.45, 7) is 0. The van der Waals surface area contributed by atoms with Crippen molar-refractivity contribution in [2.45, 2.75) is 31.6 Å². The summed E-state index contributed by atoms with van der Waals surface area (Å²) in [5.41, 5.74) is 7.66. The Balaban J connectivity index is 1.50. The molecule has 34 heavy (non-hydrogen) atoms. The van der Waals surface area contributed by atoms with Crippen LogP contribution in [0.4, 0.5) is 8.78 Å². The van der Waals surface area contributed by atoms with Crippen molar-refractivity contribution in [3.8, 4) is 29.1 Å². The monoisotopic (exact) mass is 460 g/mol. The van der Waals surface area contributed by atoms with Crippen molar-refractivity contribution in [1.29, 1.82) is 5.26 Å². The molecular formula is C27H22F2N2O3. The Bertz CT molecular complexity index is 1280. The second-order valence-electron chi connectivity index (χ2n) is 8.04. The molecule has 1 aliphatic rings. The molecule has 5 nitrogen and oxygen atoms in total. The highest BCUT2D eigenvalue weighted by molar-refractivity contribution is 5.96. The largest absolute Gasteiger partial charge is 0.457 e. The van der Waals surface area contributed by atoms with Crippen molar-refractivity contribution in [1.82, 2.24) is 0 Å². The second kappa shape index (κ2) is 10.2. The van der Waals surface area contributed by atoms with Gasteiger partial charge in [0.15, 0.2) is 11.6 Å². The van der Waals surface area contributed by atoms with Crippen molar-refractivity contribution >= 4 is 5.91 Å². The average Bonchev–Trinajstić information content (AvgIpc) is 3.08. The minimum Gasteiger partial charge on any atom is -0.457 e. The molecule has 0 fully saturated rings. The molecular weight excluding hydrogens is 438 g/mol. The van der Waals surface area contributed by atoms with E-state index >= 15 is 0 Å². The number of primary amides is 1. The first-order valence-electron chi connectivity index (χ1n) is 10.9. The summed E-state index contributed by atoms with van der Waals surface area (Å²) < 4.78 is 38.2. The van der Waals surface area contributed by atoms with Gasteiger partial charge in [0.1, 0.15) is 23.1 Å². The van der Waals surface area contributed by atoms with E-state index in [1.165, 1.54) is 6.07 Å². The van der Waals surface area contributed by atoms with Gasteiger partial charge in [0.2, 0.25) is 0 Å². The van der Waals surface area contributed by atoms with Crippen LogP contribution >= 0.6 is 0 Å². The summed E-state index contributed by atoms with van der Waals surface area (Å²) in [6.07, 6.45) is 5.29. The van der Waals surface area contributed by atoms with E-state index in [-0.39, 0.29) is 17.2 Å². The normalized spacial score (nSPS) is 15.6. The molecule has 0 aromatic heterocycles. The van der Waals surface area contributed by atoms with Gasteiger partial charge >= 0.3 is 0 Å². The number of hydrogen-bond acceptors (Lipinski definition) is 4. The number of rotatable bonds is 6. The molecule has 2 N–H and O–H groups in total. The van der Waals surface area contributed by atoms with E-state index in [1.807, 2.05) is 12.1 Å². The van der Waals surface area contributed by atoms with Crippen LogP contribution in [0.1, 0.15) is 47.5 Å². The minimum atomic E-state index is -0.806. The molecule has 172 valence electrons. The van der Waals surface area contributed by atoms with Crippen LogP contribution in [0, 0.1) is 23.0 Å². The van der Waals surface area contributed by atoms with Crippen molar-refractivity contribution < 1.29 is 23.0 Å². The number of benzene rings is 3. The lowest BCUT2D eigenvalue weighted by molar-refractivity contribution is 0.0998. The fourth-order valence-electron chi connectivity index (χ4n) is 3.92. The molecule has 0 radical (unpaired) electrons. The van der Waals surface area contributed by atoms with E-state index < -0.39 is 17.5 Å². The van der Waals surface area contributed by atoms with E-state index in [2.05, 4.69) is 6.07 Å². The first-order chi connectivity index (χ1) is 16.4. The molecule has 0 bridgehead atoms. The predicted molar refractivity (Wildman–Crippen MR) is 123 cm³/mol. The molecule has 4 rings (SSSR count). The predicted octanol–water partition coefficient (Wildman–Crippen LogP) is 6.76. The van der Waals surface area contributed by atoms with Gasteiger partial charge in [-0.25, -0.2) is 8.78 Å². The molecule has 1 aliphatic carbocycles. The topological polar surface area (TPSA) is 85.3 Å². The van der Waals surface area contributed by atoms with Gasteiger partial charge in [-0.05, 0) is 85.7 Å². The third-order valence-electron chi connectivity index (χ3n) is 5.70. The second-order valence-corrected chi connectivity index (χ2v) is 8.04. The van der Waals surface area contributed by atoms with Crippen LogP contribution in [-0.2, 0) is 0 Å². The number of carbonyl (C=O) groups is 1. The van der Waals surface area contributed by atoms with E-state index in [0.717, 1.165) is 49.0 Å². The minimum absolute atomic E-state index is 0.100. The SMILES string of the molecule is N#CC1=CCC(c2ccc(Oc3ccc(Oc4ccc(F)cc4F)cc3)c(C(N)=O)c2)CCC1. The van der Waals surface area contributed by atoms with Crippen LogP contribution in [-0.4, -0.2) is 5.91 Å². The molecule has 7 heteroatoms. The molecule has 1 unspecified atom stereocenters. The maximum atomic E-state index is 13.8.